The Balaban J connectivity index is 1.42. The lowest BCUT2D eigenvalue weighted by Crippen LogP contribution is -2.42. The first-order valence-electron chi connectivity index (χ1n) is 12.2. The summed E-state index contributed by atoms with van der Waals surface area (Å²) in [5, 5.41) is 5.78. The second-order valence-electron chi connectivity index (χ2n) is 9.12. The first-order valence-corrected chi connectivity index (χ1v) is 12.2. The Labute approximate surface area is 211 Å². The molecule has 2 N–H and O–H groups in total. The van der Waals surface area contributed by atoms with Gasteiger partial charge < -0.3 is 10.6 Å². The Morgan fingerprint density at radius 1 is 1.05 bits per heavy atom. The van der Waals surface area contributed by atoms with Gasteiger partial charge in [-0.25, -0.2) is 19.6 Å². The minimum absolute atomic E-state index is 0.0279. The molecule has 192 valence electrons. The van der Waals surface area contributed by atoms with Crippen LogP contribution in [0.4, 0.5) is 19.1 Å². The summed E-state index contributed by atoms with van der Waals surface area (Å²) in [5.74, 6) is -1.49. The number of carbonyl (C=O) groups excluding carboxylic acids is 1. The number of anilines is 1. The van der Waals surface area contributed by atoms with Crippen molar-refractivity contribution in [3.05, 3.63) is 66.1 Å². The van der Waals surface area contributed by atoms with Gasteiger partial charge in [-0.3, -0.25) is 4.79 Å². The number of nitrogens with two attached hydrogens (primary N) is 1. The summed E-state index contributed by atoms with van der Waals surface area (Å²) in [4.78, 5) is 26.9. The van der Waals surface area contributed by atoms with Crippen molar-refractivity contribution in [2.45, 2.75) is 50.9 Å². The number of carbonyl (C=O) groups is 1. The zero-order valence-electron chi connectivity index (χ0n) is 20.0. The molecule has 37 heavy (non-hydrogen) atoms. The van der Waals surface area contributed by atoms with E-state index in [2.05, 4.69) is 20.1 Å². The predicted octanol–water partition coefficient (Wildman–Crippen LogP) is 4.50. The monoisotopic (exact) mass is 509 g/mol. The molecule has 0 bridgehead atoms. The van der Waals surface area contributed by atoms with Crippen LogP contribution in [0, 0.1) is 0 Å². The van der Waals surface area contributed by atoms with Crippen molar-refractivity contribution in [1.82, 2.24) is 29.6 Å². The average Bonchev–Trinajstić information content (AvgIpc) is 3.55. The van der Waals surface area contributed by atoms with Crippen LogP contribution < -0.4 is 5.73 Å². The van der Waals surface area contributed by atoms with Crippen LogP contribution in [-0.2, 0) is 23.9 Å². The number of benzene rings is 2. The summed E-state index contributed by atoms with van der Waals surface area (Å²) >= 11 is 0. The molecule has 0 atom stereocenters. The van der Waals surface area contributed by atoms with E-state index < -0.39 is 12.0 Å². The van der Waals surface area contributed by atoms with Crippen LogP contribution in [0.25, 0.3) is 22.3 Å². The Morgan fingerprint density at radius 3 is 2.57 bits per heavy atom. The summed E-state index contributed by atoms with van der Waals surface area (Å²) in [6, 6.07) is 15.2. The fourth-order valence-corrected chi connectivity index (χ4v) is 4.95. The third-order valence-corrected chi connectivity index (χ3v) is 6.69. The topological polar surface area (TPSA) is 103 Å². The zero-order chi connectivity index (χ0) is 26.0. The molecule has 8 nitrogen and oxygen atoms in total. The third-order valence-electron chi connectivity index (χ3n) is 6.69. The van der Waals surface area contributed by atoms with E-state index in [4.69, 9.17) is 5.73 Å². The minimum Gasteiger partial charge on any atom is -0.368 e. The van der Waals surface area contributed by atoms with Crippen LogP contribution in [0.15, 0.2) is 54.7 Å². The van der Waals surface area contributed by atoms with Gasteiger partial charge in [-0.15, -0.1) is 5.10 Å². The molecule has 4 aromatic rings. The van der Waals surface area contributed by atoms with E-state index in [0.717, 1.165) is 46.7 Å². The number of hydrogen-bond donors (Lipinski definition) is 1. The summed E-state index contributed by atoms with van der Waals surface area (Å²) in [6.45, 7) is 0.225. The number of aromatic nitrogens is 5. The van der Waals surface area contributed by atoms with E-state index in [-0.39, 0.29) is 48.9 Å². The molecule has 1 aliphatic carbocycles. The smallest absolute Gasteiger partial charge is 0.368 e. The Hall–Kier alpha value is -4.02. The first kappa shape index (κ1) is 24.7. The lowest BCUT2D eigenvalue weighted by Gasteiger charge is -2.29. The van der Waals surface area contributed by atoms with Gasteiger partial charge in [0.05, 0.1) is 13.0 Å². The standard InChI is InChI=1S/C26H26F3N7O/c27-26(28,29)24-33-23(21-12-13-31-25(30)32-21)36(34-24)15-14-35(19-9-2-3-10-19)22(37)16-18-8-5-7-17-6-1-4-11-20(17)18/h1,4-8,11-13,19H,2-3,9-10,14-16H2,(H2,30,31,32). The maximum atomic E-state index is 13.6. The van der Waals surface area contributed by atoms with Gasteiger partial charge in [-0.1, -0.05) is 55.3 Å². The SMILES string of the molecule is Nc1nccc(-c2nc(C(F)(F)F)nn2CCN(C(=O)Cc2cccc3ccccc23)C2CCCC2)n1. The van der Waals surface area contributed by atoms with Crippen molar-refractivity contribution >= 4 is 22.6 Å². The molecule has 1 saturated carbocycles. The molecule has 0 spiro atoms. The number of hydrogen-bond acceptors (Lipinski definition) is 6. The molecule has 2 heterocycles. The molecular formula is C26H26F3N7O. The zero-order valence-corrected chi connectivity index (χ0v) is 20.0. The average molecular weight is 510 g/mol. The molecule has 5 rings (SSSR count). The van der Waals surface area contributed by atoms with Crippen molar-refractivity contribution in [2.75, 3.05) is 12.3 Å². The Morgan fingerprint density at radius 2 is 1.81 bits per heavy atom. The molecule has 0 saturated heterocycles. The van der Waals surface area contributed by atoms with Crippen molar-refractivity contribution < 1.29 is 18.0 Å². The number of amides is 1. The summed E-state index contributed by atoms with van der Waals surface area (Å²) < 4.78 is 41.5. The molecule has 0 radical (unpaired) electrons. The normalized spacial score (nSPS) is 14.4. The number of rotatable bonds is 7. The van der Waals surface area contributed by atoms with Gasteiger partial charge in [-0.05, 0) is 35.2 Å². The van der Waals surface area contributed by atoms with Gasteiger partial charge in [0.2, 0.25) is 11.9 Å². The minimum atomic E-state index is -4.73. The van der Waals surface area contributed by atoms with Gasteiger partial charge in [0.25, 0.3) is 5.82 Å². The largest absolute Gasteiger partial charge is 0.453 e. The number of halogens is 3. The highest BCUT2D eigenvalue weighted by atomic mass is 19.4. The van der Waals surface area contributed by atoms with E-state index >= 15 is 0 Å². The van der Waals surface area contributed by atoms with Gasteiger partial charge in [0.1, 0.15) is 5.69 Å². The fourth-order valence-electron chi connectivity index (χ4n) is 4.95. The predicted molar refractivity (Wildman–Crippen MR) is 132 cm³/mol. The van der Waals surface area contributed by atoms with Gasteiger partial charge in [0.15, 0.2) is 5.82 Å². The fraction of sp³-hybridized carbons (Fsp3) is 0.346. The van der Waals surface area contributed by atoms with Crippen LogP contribution in [0.2, 0.25) is 0 Å². The van der Waals surface area contributed by atoms with Gasteiger partial charge in [0, 0.05) is 18.8 Å². The van der Waals surface area contributed by atoms with Gasteiger partial charge in [-0.2, -0.15) is 13.2 Å². The van der Waals surface area contributed by atoms with E-state index in [1.807, 2.05) is 42.5 Å². The lowest BCUT2D eigenvalue weighted by atomic mass is 10.0. The molecule has 1 fully saturated rings. The number of nitrogens with zero attached hydrogens (tertiary/aromatic N) is 6. The highest BCUT2D eigenvalue weighted by molar-refractivity contribution is 5.90. The van der Waals surface area contributed by atoms with Crippen molar-refractivity contribution in [3.63, 3.8) is 0 Å². The molecule has 1 amide bonds. The number of fused-ring (bicyclic) bond motifs is 1. The van der Waals surface area contributed by atoms with Crippen LogP contribution in [0.5, 0.6) is 0 Å². The second kappa shape index (κ2) is 10.2. The molecule has 11 heteroatoms. The Bertz CT molecular complexity index is 1410. The molecule has 0 aliphatic heterocycles. The van der Waals surface area contributed by atoms with E-state index in [1.165, 1.54) is 12.3 Å². The molecular weight excluding hydrogens is 483 g/mol. The quantitative estimate of drug-likeness (QED) is 0.394. The van der Waals surface area contributed by atoms with Crippen LogP contribution in [-0.4, -0.2) is 48.1 Å². The van der Waals surface area contributed by atoms with Gasteiger partial charge >= 0.3 is 6.18 Å². The highest BCUT2D eigenvalue weighted by Gasteiger charge is 2.37. The molecule has 1 aliphatic rings. The highest BCUT2D eigenvalue weighted by Crippen LogP contribution is 2.29. The van der Waals surface area contributed by atoms with Crippen LogP contribution in [0.1, 0.15) is 37.1 Å². The van der Waals surface area contributed by atoms with Crippen molar-refractivity contribution in [1.29, 1.82) is 0 Å². The van der Waals surface area contributed by atoms with E-state index in [9.17, 15) is 18.0 Å². The second-order valence-corrected chi connectivity index (χ2v) is 9.12. The summed E-state index contributed by atoms with van der Waals surface area (Å²) in [6.07, 6.45) is 0.573. The van der Waals surface area contributed by atoms with Crippen molar-refractivity contribution in [2.24, 2.45) is 0 Å². The van der Waals surface area contributed by atoms with E-state index in [0.29, 0.717) is 0 Å². The molecule has 0 unspecified atom stereocenters. The first-order chi connectivity index (χ1) is 17.8. The number of alkyl halides is 3. The van der Waals surface area contributed by atoms with E-state index in [1.54, 1.807) is 4.90 Å². The third kappa shape index (κ3) is 5.40. The van der Waals surface area contributed by atoms with Crippen LogP contribution in [0.3, 0.4) is 0 Å². The van der Waals surface area contributed by atoms with Crippen LogP contribution >= 0.6 is 0 Å². The molecule has 2 aromatic heterocycles. The lowest BCUT2D eigenvalue weighted by molar-refractivity contribution is -0.145. The maximum absolute atomic E-state index is 13.6. The molecule has 2 aromatic carbocycles. The Kier molecular flexibility index (Phi) is 6.77. The summed E-state index contributed by atoms with van der Waals surface area (Å²) in [7, 11) is 0. The number of nitrogen functional groups attached to an aromatic ring is 1. The van der Waals surface area contributed by atoms with Crippen molar-refractivity contribution in [3.8, 4) is 11.5 Å². The maximum Gasteiger partial charge on any atom is 0.453 e. The summed E-state index contributed by atoms with van der Waals surface area (Å²) in [5.41, 5.74) is 6.69.